The second kappa shape index (κ2) is 8.85. The van der Waals surface area contributed by atoms with Gasteiger partial charge in [-0.25, -0.2) is 9.97 Å². The van der Waals surface area contributed by atoms with E-state index in [4.69, 9.17) is 0 Å². The second-order valence-corrected chi connectivity index (χ2v) is 7.32. The van der Waals surface area contributed by atoms with E-state index in [1.165, 1.54) is 37.5 Å². The third-order valence-electron chi connectivity index (χ3n) is 5.02. The molecule has 0 fully saturated rings. The van der Waals surface area contributed by atoms with Gasteiger partial charge in [-0.2, -0.15) is 26.3 Å². The van der Waals surface area contributed by atoms with Crippen LogP contribution in [0.1, 0.15) is 21.5 Å². The number of hydrogen-bond acceptors (Lipinski definition) is 5. The van der Waals surface area contributed by atoms with E-state index in [1.54, 1.807) is 6.07 Å². The van der Waals surface area contributed by atoms with Crippen LogP contribution in [0.5, 0.6) is 0 Å². The highest BCUT2D eigenvalue weighted by molar-refractivity contribution is 5.95. The lowest BCUT2D eigenvalue weighted by atomic mass is 10.1. The van der Waals surface area contributed by atoms with Gasteiger partial charge in [0.1, 0.15) is 5.69 Å². The average Bonchev–Trinajstić information content (AvgIpc) is 2.82. The fraction of sp³-hybridized carbons (Fsp3) is 0.130. The quantitative estimate of drug-likeness (QED) is 0.351. The molecule has 0 spiro atoms. The van der Waals surface area contributed by atoms with E-state index in [1.807, 2.05) is 0 Å². The van der Waals surface area contributed by atoms with E-state index >= 15 is 0 Å². The number of amides is 1. The second-order valence-electron chi connectivity index (χ2n) is 7.32. The number of carbonyl (C=O) groups excluding carboxylic acids is 1. The van der Waals surface area contributed by atoms with Crippen LogP contribution >= 0.6 is 0 Å². The Labute approximate surface area is 194 Å². The summed E-state index contributed by atoms with van der Waals surface area (Å²) in [6.45, 7) is 0. The molecule has 12 heteroatoms. The molecule has 0 aliphatic heterocycles. The SMILES string of the molecule is CNC(=O)c1cnc(-c2ccc3c(Nc4ccc(C(F)(F)F)cc4)ccnc3n2)c(C(F)(F)F)c1. The van der Waals surface area contributed by atoms with Crippen molar-refractivity contribution < 1.29 is 31.1 Å². The Morgan fingerprint density at radius 1 is 0.886 bits per heavy atom. The number of aromatic nitrogens is 3. The molecule has 2 N–H and O–H groups in total. The summed E-state index contributed by atoms with van der Waals surface area (Å²) >= 11 is 0. The number of anilines is 2. The van der Waals surface area contributed by atoms with Gasteiger partial charge in [-0.1, -0.05) is 0 Å². The first-order valence-corrected chi connectivity index (χ1v) is 9.97. The maximum Gasteiger partial charge on any atom is 0.418 e. The van der Waals surface area contributed by atoms with Gasteiger partial charge < -0.3 is 10.6 Å². The lowest BCUT2D eigenvalue weighted by Crippen LogP contribution is -2.20. The number of pyridine rings is 3. The molecule has 0 radical (unpaired) electrons. The van der Waals surface area contributed by atoms with E-state index < -0.39 is 35.1 Å². The fourth-order valence-corrected chi connectivity index (χ4v) is 3.32. The molecule has 0 saturated carbocycles. The first-order chi connectivity index (χ1) is 16.5. The fourth-order valence-electron chi connectivity index (χ4n) is 3.32. The molecule has 0 saturated heterocycles. The van der Waals surface area contributed by atoms with Crippen LogP contribution in [0.4, 0.5) is 37.7 Å². The van der Waals surface area contributed by atoms with Gasteiger partial charge in [-0.15, -0.1) is 0 Å². The van der Waals surface area contributed by atoms with Crippen LogP contribution in [0.25, 0.3) is 22.4 Å². The Hall–Kier alpha value is -4.22. The maximum atomic E-state index is 13.7. The molecule has 3 aromatic heterocycles. The molecule has 0 aliphatic carbocycles. The largest absolute Gasteiger partial charge is 0.418 e. The molecule has 1 amide bonds. The third kappa shape index (κ3) is 5.00. The van der Waals surface area contributed by atoms with Crippen LogP contribution < -0.4 is 10.6 Å². The first-order valence-electron chi connectivity index (χ1n) is 9.97. The van der Waals surface area contributed by atoms with Gasteiger partial charge >= 0.3 is 12.4 Å². The summed E-state index contributed by atoms with van der Waals surface area (Å²) < 4.78 is 79.5. The molecule has 1 aromatic carbocycles. The van der Waals surface area contributed by atoms with Crippen molar-refractivity contribution in [2.24, 2.45) is 0 Å². The average molecular weight is 491 g/mol. The topological polar surface area (TPSA) is 79.8 Å². The molecular weight excluding hydrogens is 476 g/mol. The minimum atomic E-state index is -4.80. The van der Waals surface area contributed by atoms with Crippen molar-refractivity contribution in [1.29, 1.82) is 0 Å². The van der Waals surface area contributed by atoms with Crippen LogP contribution in [-0.4, -0.2) is 27.9 Å². The summed E-state index contributed by atoms with van der Waals surface area (Å²) in [4.78, 5) is 23.9. The molecule has 0 bridgehead atoms. The molecular formula is C23H15F6N5O. The van der Waals surface area contributed by atoms with E-state index in [0.717, 1.165) is 18.3 Å². The van der Waals surface area contributed by atoms with Crippen LogP contribution in [0, 0.1) is 0 Å². The smallest absolute Gasteiger partial charge is 0.355 e. The van der Waals surface area contributed by atoms with E-state index in [0.29, 0.717) is 22.8 Å². The van der Waals surface area contributed by atoms with Crippen molar-refractivity contribution in [3.05, 3.63) is 77.6 Å². The number of alkyl halides is 6. The van der Waals surface area contributed by atoms with Gasteiger partial charge in [-0.05, 0) is 48.5 Å². The summed E-state index contributed by atoms with van der Waals surface area (Å²) in [5.41, 5.74) is -1.90. The molecule has 0 aliphatic rings. The predicted molar refractivity (Wildman–Crippen MR) is 116 cm³/mol. The summed E-state index contributed by atoms with van der Waals surface area (Å²) in [5, 5.41) is 5.63. The Bertz CT molecular complexity index is 1400. The van der Waals surface area contributed by atoms with Crippen molar-refractivity contribution in [1.82, 2.24) is 20.3 Å². The van der Waals surface area contributed by atoms with Crippen molar-refractivity contribution in [2.45, 2.75) is 12.4 Å². The number of halogens is 6. The van der Waals surface area contributed by atoms with Gasteiger partial charge in [0.05, 0.1) is 28.1 Å². The molecule has 3 heterocycles. The standard InChI is InChI=1S/C23H15F6N5O/c1-30-21(35)12-10-16(23(27,28)29)19(32-11-12)18-7-6-15-17(8-9-31-20(15)34-18)33-14-4-2-13(3-5-14)22(24,25)26/h2-11H,1H3,(H,30,35)(H,31,33,34). The minimum absolute atomic E-state index is 0.0877. The van der Waals surface area contributed by atoms with Gasteiger partial charge in [0, 0.05) is 30.5 Å². The van der Waals surface area contributed by atoms with Crippen LogP contribution in [0.2, 0.25) is 0 Å². The first kappa shape index (κ1) is 23.9. The molecule has 180 valence electrons. The monoisotopic (exact) mass is 491 g/mol. The molecule has 0 atom stereocenters. The van der Waals surface area contributed by atoms with Crippen molar-refractivity contribution in [3.8, 4) is 11.4 Å². The number of carbonyl (C=O) groups is 1. The Morgan fingerprint density at radius 3 is 2.23 bits per heavy atom. The van der Waals surface area contributed by atoms with Crippen molar-refractivity contribution in [2.75, 3.05) is 12.4 Å². The summed E-state index contributed by atoms with van der Waals surface area (Å²) in [5.74, 6) is -0.721. The number of rotatable bonds is 4. The molecule has 4 aromatic rings. The van der Waals surface area contributed by atoms with Gasteiger partial charge in [0.25, 0.3) is 5.91 Å². The van der Waals surface area contributed by atoms with Gasteiger partial charge in [-0.3, -0.25) is 9.78 Å². The zero-order chi connectivity index (χ0) is 25.4. The van der Waals surface area contributed by atoms with Crippen LogP contribution in [0.15, 0.2) is 60.9 Å². The number of fused-ring (bicyclic) bond motifs is 1. The zero-order valence-corrected chi connectivity index (χ0v) is 17.8. The highest BCUT2D eigenvalue weighted by Gasteiger charge is 2.36. The Balaban J connectivity index is 1.72. The van der Waals surface area contributed by atoms with E-state index in [9.17, 15) is 31.1 Å². The summed E-state index contributed by atoms with van der Waals surface area (Å²) in [6.07, 6.45) is -6.89. The number of nitrogens with one attached hydrogen (secondary N) is 2. The number of hydrogen-bond donors (Lipinski definition) is 2. The molecule has 6 nitrogen and oxygen atoms in total. The predicted octanol–water partition coefficient (Wildman–Crippen LogP) is 5.83. The maximum absolute atomic E-state index is 13.7. The molecule has 0 unspecified atom stereocenters. The lowest BCUT2D eigenvalue weighted by Gasteiger charge is -2.14. The highest BCUT2D eigenvalue weighted by atomic mass is 19.4. The summed E-state index contributed by atoms with van der Waals surface area (Å²) in [7, 11) is 1.29. The molecule has 35 heavy (non-hydrogen) atoms. The summed E-state index contributed by atoms with van der Waals surface area (Å²) in [6, 6.07) is 9.41. The Morgan fingerprint density at radius 2 is 1.60 bits per heavy atom. The minimum Gasteiger partial charge on any atom is -0.355 e. The third-order valence-corrected chi connectivity index (χ3v) is 5.02. The zero-order valence-electron chi connectivity index (χ0n) is 17.8. The van der Waals surface area contributed by atoms with Crippen LogP contribution in [0.3, 0.4) is 0 Å². The van der Waals surface area contributed by atoms with Gasteiger partial charge in [0.15, 0.2) is 5.65 Å². The van der Waals surface area contributed by atoms with Gasteiger partial charge in [0.2, 0.25) is 0 Å². The lowest BCUT2D eigenvalue weighted by molar-refractivity contribution is -0.138. The van der Waals surface area contributed by atoms with Crippen LogP contribution in [-0.2, 0) is 12.4 Å². The highest BCUT2D eigenvalue weighted by Crippen LogP contribution is 2.37. The van der Waals surface area contributed by atoms with E-state index in [2.05, 4.69) is 25.6 Å². The molecule has 4 rings (SSSR count). The van der Waals surface area contributed by atoms with Crippen molar-refractivity contribution >= 4 is 28.3 Å². The normalized spacial score (nSPS) is 12.0. The van der Waals surface area contributed by atoms with E-state index in [-0.39, 0.29) is 16.9 Å². The number of benzene rings is 1. The van der Waals surface area contributed by atoms with Crippen molar-refractivity contribution in [3.63, 3.8) is 0 Å². The Kier molecular flexibility index (Phi) is 6.05. The number of nitrogens with zero attached hydrogens (tertiary/aromatic N) is 3.